The standard InChI is InChI=1S/C14H25N3O/c1-4-16-14(18)10-17(5-2)13-8-11(3)6-7-12(13)9-15/h11-13H,4-8,10H2,1-3H3,(H,16,18). The summed E-state index contributed by atoms with van der Waals surface area (Å²) in [7, 11) is 0. The second-order valence-corrected chi connectivity index (χ2v) is 5.24. The van der Waals surface area contributed by atoms with Crippen LogP contribution in [0.15, 0.2) is 0 Å². The van der Waals surface area contributed by atoms with Crippen LogP contribution in [-0.2, 0) is 4.79 Å². The fraction of sp³-hybridized carbons (Fsp3) is 0.857. The zero-order valence-corrected chi connectivity index (χ0v) is 11.8. The van der Waals surface area contributed by atoms with E-state index in [0.29, 0.717) is 19.0 Å². The van der Waals surface area contributed by atoms with Gasteiger partial charge in [0.05, 0.1) is 18.5 Å². The lowest BCUT2D eigenvalue weighted by atomic mass is 9.79. The zero-order chi connectivity index (χ0) is 13.5. The van der Waals surface area contributed by atoms with Crippen molar-refractivity contribution in [3.8, 4) is 6.07 Å². The van der Waals surface area contributed by atoms with Crippen molar-refractivity contribution in [2.45, 2.75) is 46.1 Å². The van der Waals surface area contributed by atoms with Crippen molar-refractivity contribution in [3.63, 3.8) is 0 Å². The van der Waals surface area contributed by atoms with Gasteiger partial charge in [-0.15, -0.1) is 0 Å². The quantitative estimate of drug-likeness (QED) is 0.810. The summed E-state index contributed by atoms with van der Waals surface area (Å²) in [5.41, 5.74) is 0. The van der Waals surface area contributed by atoms with E-state index < -0.39 is 0 Å². The van der Waals surface area contributed by atoms with E-state index in [1.807, 2.05) is 6.92 Å². The SMILES string of the molecule is CCNC(=O)CN(CC)C1CC(C)CCC1C#N. The molecule has 18 heavy (non-hydrogen) atoms. The highest BCUT2D eigenvalue weighted by Crippen LogP contribution is 2.31. The van der Waals surface area contributed by atoms with E-state index in [1.165, 1.54) is 0 Å². The summed E-state index contributed by atoms with van der Waals surface area (Å²) in [5.74, 6) is 0.799. The molecule has 0 heterocycles. The highest BCUT2D eigenvalue weighted by Gasteiger charge is 2.33. The number of carbonyl (C=O) groups is 1. The van der Waals surface area contributed by atoms with Crippen LogP contribution in [0.3, 0.4) is 0 Å². The highest BCUT2D eigenvalue weighted by molar-refractivity contribution is 5.77. The number of nitriles is 1. The Morgan fingerprint density at radius 2 is 2.17 bits per heavy atom. The minimum absolute atomic E-state index is 0.0641. The van der Waals surface area contributed by atoms with Gasteiger partial charge in [0.2, 0.25) is 5.91 Å². The Bertz CT molecular complexity index is 311. The summed E-state index contributed by atoms with van der Waals surface area (Å²) in [5, 5.41) is 12.1. The van der Waals surface area contributed by atoms with Crippen LogP contribution >= 0.6 is 0 Å². The molecule has 0 radical (unpaired) electrons. The molecule has 1 saturated carbocycles. The molecule has 0 aromatic rings. The second-order valence-electron chi connectivity index (χ2n) is 5.24. The fourth-order valence-corrected chi connectivity index (χ4v) is 2.81. The lowest BCUT2D eigenvalue weighted by Gasteiger charge is -2.38. The maximum absolute atomic E-state index is 11.7. The molecule has 4 heteroatoms. The third kappa shape index (κ3) is 3.99. The molecule has 102 valence electrons. The first-order chi connectivity index (χ1) is 8.62. The Balaban J connectivity index is 2.66. The van der Waals surface area contributed by atoms with E-state index in [1.54, 1.807) is 0 Å². The third-order valence-corrected chi connectivity index (χ3v) is 3.84. The molecule has 0 saturated heterocycles. The van der Waals surface area contributed by atoms with Crippen LogP contribution in [-0.4, -0.2) is 36.5 Å². The van der Waals surface area contributed by atoms with Crippen LogP contribution in [0.2, 0.25) is 0 Å². The van der Waals surface area contributed by atoms with Crippen molar-refractivity contribution in [2.24, 2.45) is 11.8 Å². The number of rotatable bonds is 5. The van der Waals surface area contributed by atoms with Crippen LogP contribution < -0.4 is 5.32 Å². The summed E-state index contributed by atoms with van der Waals surface area (Å²) in [6, 6.07) is 2.66. The van der Waals surface area contributed by atoms with Gasteiger partial charge in [0.15, 0.2) is 0 Å². The highest BCUT2D eigenvalue weighted by atomic mass is 16.2. The first kappa shape index (κ1) is 15.0. The number of carbonyl (C=O) groups excluding carboxylic acids is 1. The Morgan fingerprint density at radius 1 is 1.44 bits per heavy atom. The molecule has 3 atom stereocenters. The van der Waals surface area contributed by atoms with Gasteiger partial charge < -0.3 is 5.32 Å². The summed E-state index contributed by atoms with van der Waals surface area (Å²) in [4.78, 5) is 13.9. The lowest BCUT2D eigenvalue weighted by molar-refractivity contribution is -0.123. The topological polar surface area (TPSA) is 56.1 Å². The van der Waals surface area contributed by atoms with Crippen LogP contribution in [0.4, 0.5) is 0 Å². The van der Waals surface area contributed by atoms with E-state index in [9.17, 15) is 10.1 Å². The first-order valence-electron chi connectivity index (χ1n) is 7.02. The summed E-state index contributed by atoms with van der Waals surface area (Å²) < 4.78 is 0. The van der Waals surface area contributed by atoms with Crippen molar-refractivity contribution in [1.29, 1.82) is 5.26 Å². The Kier molecular flexibility index (Phi) is 6.14. The first-order valence-corrected chi connectivity index (χ1v) is 7.02. The molecular formula is C14H25N3O. The molecule has 1 rings (SSSR count). The van der Waals surface area contributed by atoms with Gasteiger partial charge in [0.1, 0.15) is 0 Å². The van der Waals surface area contributed by atoms with Gasteiger partial charge in [0, 0.05) is 12.6 Å². The molecule has 0 bridgehead atoms. The molecule has 1 N–H and O–H groups in total. The van der Waals surface area contributed by atoms with Crippen molar-refractivity contribution in [2.75, 3.05) is 19.6 Å². The van der Waals surface area contributed by atoms with Crippen LogP contribution in [0.25, 0.3) is 0 Å². The Labute approximate surface area is 110 Å². The molecule has 0 aliphatic heterocycles. The molecular weight excluding hydrogens is 226 g/mol. The van der Waals surface area contributed by atoms with Gasteiger partial charge in [0.25, 0.3) is 0 Å². The average Bonchev–Trinajstić information content (AvgIpc) is 2.36. The predicted octanol–water partition coefficient (Wildman–Crippen LogP) is 1.77. The van der Waals surface area contributed by atoms with Crippen LogP contribution in [0.5, 0.6) is 0 Å². The number of hydrogen-bond acceptors (Lipinski definition) is 3. The largest absolute Gasteiger partial charge is 0.355 e. The van der Waals surface area contributed by atoms with Crippen molar-refractivity contribution >= 4 is 5.91 Å². The van der Waals surface area contributed by atoms with Gasteiger partial charge in [-0.2, -0.15) is 5.26 Å². The molecule has 0 aromatic carbocycles. The maximum Gasteiger partial charge on any atom is 0.234 e. The molecule has 1 fully saturated rings. The molecule has 1 amide bonds. The maximum atomic E-state index is 11.7. The van der Waals surface area contributed by atoms with Crippen molar-refractivity contribution in [1.82, 2.24) is 10.2 Å². The Morgan fingerprint density at radius 3 is 2.72 bits per heavy atom. The average molecular weight is 251 g/mol. The zero-order valence-electron chi connectivity index (χ0n) is 11.8. The third-order valence-electron chi connectivity index (χ3n) is 3.84. The minimum atomic E-state index is 0.0641. The number of amides is 1. The number of nitrogens with zero attached hydrogens (tertiary/aromatic N) is 2. The van der Waals surface area contributed by atoms with E-state index in [-0.39, 0.29) is 17.9 Å². The van der Waals surface area contributed by atoms with Crippen LogP contribution in [0.1, 0.15) is 40.0 Å². The van der Waals surface area contributed by atoms with Gasteiger partial charge in [-0.3, -0.25) is 9.69 Å². The molecule has 0 spiro atoms. The summed E-state index contributed by atoms with van der Waals surface area (Å²) >= 11 is 0. The van der Waals surface area contributed by atoms with E-state index in [4.69, 9.17) is 0 Å². The van der Waals surface area contributed by atoms with Gasteiger partial charge in [-0.05, 0) is 38.6 Å². The molecule has 1 aliphatic carbocycles. The predicted molar refractivity (Wildman–Crippen MR) is 71.8 cm³/mol. The van der Waals surface area contributed by atoms with Crippen molar-refractivity contribution in [3.05, 3.63) is 0 Å². The van der Waals surface area contributed by atoms with Gasteiger partial charge in [-0.25, -0.2) is 0 Å². The Hall–Kier alpha value is -1.08. The minimum Gasteiger partial charge on any atom is -0.355 e. The normalized spacial score (nSPS) is 27.8. The molecule has 4 nitrogen and oxygen atoms in total. The van der Waals surface area contributed by atoms with E-state index in [2.05, 4.69) is 30.1 Å². The number of nitrogens with one attached hydrogen (secondary N) is 1. The number of likely N-dealkylation sites (N-methyl/N-ethyl adjacent to an activating group) is 2. The smallest absolute Gasteiger partial charge is 0.234 e. The molecule has 1 aliphatic rings. The van der Waals surface area contributed by atoms with E-state index >= 15 is 0 Å². The lowest BCUT2D eigenvalue weighted by Crippen LogP contribution is -2.48. The summed E-state index contributed by atoms with van der Waals surface area (Å²) in [6.07, 6.45) is 3.13. The fourth-order valence-electron chi connectivity index (χ4n) is 2.81. The summed E-state index contributed by atoms with van der Waals surface area (Å²) in [6.45, 7) is 8.13. The van der Waals surface area contributed by atoms with E-state index in [0.717, 1.165) is 25.8 Å². The molecule has 0 aromatic heterocycles. The van der Waals surface area contributed by atoms with Crippen LogP contribution in [0, 0.1) is 23.2 Å². The second kappa shape index (κ2) is 7.38. The monoisotopic (exact) mass is 251 g/mol. The van der Waals surface area contributed by atoms with Gasteiger partial charge >= 0.3 is 0 Å². The molecule has 3 unspecified atom stereocenters. The number of hydrogen-bond donors (Lipinski definition) is 1. The van der Waals surface area contributed by atoms with Crippen molar-refractivity contribution < 1.29 is 4.79 Å². The van der Waals surface area contributed by atoms with Gasteiger partial charge in [-0.1, -0.05) is 13.8 Å².